The third-order valence-electron chi connectivity index (χ3n) is 1.70. The van der Waals surface area contributed by atoms with E-state index in [0.29, 0.717) is 5.69 Å². The van der Waals surface area contributed by atoms with Gasteiger partial charge in [-0.25, -0.2) is 4.98 Å². The number of anilines is 1. The van der Waals surface area contributed by atoms with E-state index in [4.69, 9.17) is 14.6 Å². The number of nitrogens with zero attached hydrogens (tertiary/aromatic N) is 1. The van der Waals surface area contributed by atoms with Gasteiger partial charge in [-0.05, 0) is 19.1 Å². The molecule has 1 heterocycles. The summed E-state index contributed by atoms with van der Waals surface area (Å²) in [5.74, 6) is -0.866. The number of carboxylic acid groups (broad SMARTS) is 1. The first-order chi connectivity index (χ1) is 8.72. The zero-order valence-electron chi connectivity index (χ0n) is 10.7. The maximum Gasteiger partial charge on any atom is 0.433 e. The Labute approximate surface area is 108 Å². The highest BCUT2D eigenvalue weighted by Crippen LogP contribution is 2.31. The van der Waals surface area contributed by atoms with Gasteiger partial charge in [0.2, 0.25) is 5.88 Å². The fourth-order valence-corrected chi connectivity index (χ4v) is 1.04. The molecule has 5 nitrogen and oxygen atoms in total. The van der Waals surface area contributed by atoms with Crippen molar-refractivity contribution in [2.75, 3.05) is 19.0 Å². The molecule has 0 amide bonds. The van der Waals surface area contributed by atoms with Crippen molar-refractivity contribution in [2.24, 2.45) is 0 Å². The number of carbonyl (C=O) groups is 1. The average Bonchev–Trinajstić information content (AvgIpc) is 2.27. The summed E-state index contributed by atoms with van der Waals surface area (Å²) in [6, 6.07) is 2.20. The summed E-state index contributed by atoms with van der Waals surface area (Å²) in [5, 5.41) is 10.1. The maximum atomic E-state index is 12.3. The zero-order chi connectivity index (χ0) is 15.1. The van der Waals surface area contributed by atoms with Crippen LogP contribution in [0.5, 0.6) is 5.88 Å². The number of hydrogen-bond donors (Lipinski definition) is 2. The van der Waals surface area contributed by atoms with Crippen molar-refractivity contribution < 1.29 is 27.8 Å². The molecule has 0 saturated heterocycles. The molecule has 2 N–H and O–H groups in total. The Morgan fingerprint density at radius 2 is 2.00 bits per heavy atom. The molecule has 0 bridgehead atoms. The smallest absolute Gasteiger partial charge is 0.433 e. The lowest BCUT2D eigenvalue weighted by Crippen LogP contribution is -2.10. The molecule has 1 aromatic rings. The number of halogens is 3. The summed E-state index contributed by atoms with van der Waals surface area (Å²) in [4.78, 5) is 12.4. The monoisotopic (exact) mass is 280 g/mol. The Kier molecular flexibility index (Phi) is 6.67. The summed E-state index contributed by atoms with van der Waals surface area (Å²) in [5.41, 5.74) is -0.519. The molecule has 0 unspecified atom stereocenters. The minimum absolute atomic E-state index is 0.0326. The Balaban J connectivity index is 0.000000711. The van der Waals surface area contributed by atoms with Crippen LogP contribution in [0.3, 0.4) is 0 Å². The van der Waals surface area contributed by atoms with Gasteiger partial charge in [0.15, 0.2) is 0 Å². The summed E-state index contributed by atoms with van der Waals surface area (Å²) >= 11 is 0. The lowest BCUT2D eigenvalue weighted by Gasteiger charge is -2.11. The molecule has 19 heavy (non-hydrogen) atoms. The van der Waals surface area contributed by atoms with Gasteiger partial charge in [0.25, 0.3) is 5.97 Å². The number of aromatic nitrogens is 1. The molecule has 108 valence electrons. The molecular weight excluding hydrogens is 265 g/mol. The first kappa shape index (κ1) is 17.0. The Hall–Kier alpha value is -1.99. The molecule has 0 atom stereocenters. The van der Waals surface area contributed by atoms with Crippen molar-refractivity contribution in [1.29, 1.82) is 0 Å². The highest BCUT2D eigenvalue weighted by atomic mass is 19.4. The number of aliphatic carboxylic acids is 1. The van der Waals surface area contributed by atoms with Crippen molar-refractivity contribution in [1.82, 2.24) is 4.98 Å². The van der Waals surface area contributed by atoms with E-state index < -0.39 is 17.8 Å². The molecule has 0 aromatic carbocycles. The average molecular weight is 280 g/mol. The highest BCUT2D eigenvalue weighted by molar-refractivity contribution is 5.62. The van der Waals surface area contributed by atoms with Crippen LogP contribution in [0.1, 0.15) is 19.5 Å². The van der Waals surface area contributed by atoms with Gasteiger partial charge in [-0.2, -0.15) is 13.2 Å². The molecule has 0 spiro atoms. The van der Waals surface area contributed by atoms with Crippen molar-refractivity contribution >= 4 is 11.7 Å². The third-order valence-corrected chi connectivity index (χ3v) is 1.70. The molecule has 0 aliphatic rings. The van der Waals surface area contributed by atoms with Gasteiger partial charge < -0.3 is 15.2 Å². The van der Waals surface area contributed by atoms with Gasteiger partial charge in [-0.1, -0.05) is 0 Å². The Morgan fingerprint density at radius 1 is 1.47 bits per heavy atom. The summed E-state index contributed by atoms with van der Waals surface area (Å²) in [6.07, 6.45) is -4.45. The number of hydrogen-bond acceptors (Lipinski definition) is 4. The molecule has 0 aliphatic heterocycles. The normalized spacial score (nSPS) is 10.2. The van der Waals surface area contributed by atoms with Crippen LogP contribution < -0.4 is 10.1 Å². The number of ether oxygens (including phenoxy) is 1. The molecule has 8 heteroatoms. The molecule has 1 rings (SSSR count). The van der Waals surface area contributed by atoms with Crippen LogP contribution in [0.2, 0.25) is 0 Å². The number of rotatable bonds is 3. The van der Waals surface area contributed by atoms with Gasteiger partial charge in [0, 0.05) is 14.0 Å². The quantitative estimate of drug-likeness (QED) is 0.890. The van der Waals surface area contributed by atoms with Crippen LogP contribution in [0.4, 0.5) is 18.9 Å². The second kappa shape index (κ2) is 7.45. The van der Waals surface area contributed by atoms with Gasteiger partial charge in [0.05, 0.1) is 12.3 Å². The maximum absolute atomic E-state index is 12.3. The summed E-state index contributed by atoms with van der Waals surface area (Å²) in [6.45, 7) is 3.03. The molecular formula is C11H15F3N2O3. The lowest BCUT2D eigenvalue weighted by molar-refractivity contribution is -0.141. The second-order valence-electron chi connectivity index (χ2n) is 3.25. The molecule has 0 saturated carbocycles. The predicted molar refractivity (Wildman–Crippen MR) is 63.3 cm³/mol. The SMILES string of the molecule is CC(=O)O.CCOc1nc(C(F)(F)F)ccc1NC. The van der Waals surface area contributed by atoms with Crippen LogP contribution in [0.15, 0.2) is 12.1 Å². The van der Waals surface area contributed by atoms with Gasteiger partial charge in [0.1, 0.15) is 5.69 Å². The fourth-order valence-electron chi connectivity index (χ4n) is 1.04. The van der Waals surface area contributed by atoms with Gasteiger partial charge in [-0.3, -0.25) is 4.79 Å². The second-order valence-corrected chi connectivity index (χ2v) is 3.25. The van der Waals surface area contributed by atoms with Crippen LogP contribution in [-0.2, 0) is 11.0 Å². The van der Waals surface area contributed by atoms with Crippen molar-refractivity contribution in [3.8, 4) is 5.88 Å². The summed E-state index contributed by atoms with van der Waals surface area (Å²) in [7, 11) is 1.59. The van der Waals surface area contributed by atoms with E-state index in [1.807, 2.05) is 0 Å². The number of carboxylic acids is 1. The number of alkyl halides is 3. The van der Waals surface area contributed by atoms with Crippen molar-refractivity contribution in [3.63, 3.8) is 0 Å². The van der Waals surface area contributed by atoms with Gasteiger partial charge in [-0.15, -0.1) is 0 Å². The lowest BCUT2D eigenvalue weighted by atomic mass is 10.3. The number of pyridine rings is 1. The van der Waals surface area contributed by atoms with E-state index >= 15 is 0 Å². The number of nitrogens with one attached hydrogen (secondary N) is 1. The molecule has 1 aromatic heterocycles. The third kappa shape index (κ3) is 6.49. The van der Waals surface area contributed by atoms with Crippen LogP contribution in [0.25, 0.3) is 0 Å². The fraction of sp³-hybridized carbons (Fsp3) is 0.455. The van der Waals surface area contributed by atoms with E-state index in [-0.39, 0.29) is 12.5 Å². The Bertz CT molecular complexity index is 418. The van der Waals surface area contributed by atoms with E-state index in [9.17, 15) is 13.2 Å². The standard InChI is InChI=1S/C9H11F3N2O.C2H4O2/c1-3-15-8-6(13-2)4-5-7(14-8)9(10,11)12;1-2(3)4/h4-5,13H,3H2,1-2H3;1H3,(H,3,4). The van der Waals surface area contributed by atoms with Crippen LogP contribution in [0, 0.1) is 0 Å². The largest absolute Gasteiger partial charge is 0.481 e. The van der Waals surface area contributed by atoms with E-state index in [1.54, 1.807) is 14.0 Å². The molecule has 0 aliphatic carbocycles. The predicted octanol–water partition coefficient (Wildman–Crippen LogP) is 2.63. The Morgan fingerprint density at radius 3 is 2.37 bits per heavy atom. The minimum atomic E-state index is -4.45. The molecule has 0 radical (unpaired) electrons. The minimum Gasteiger partial charge on any atom is -0.481 e. The van der Waals surface area contributed by atoms with Crippen LogP contribution >= 0.6 is 0 Å². The van der Waals surface area contributed by atoms with Crippen molar-refractivity contribution in [2.45, 2.75) is 20.0 Å². The van der Waals surface area contributed by atoms with E-state index in [0.717, 1.165) is 13.0 Å². The first-order valence-corrected chi connectivity index (χ1v) is 5.30. The molecule has 0 fully saturated rings. The summed E-state index contributed by atoms with van der Waals surface area (Å²) < 4.78 is 41.9. The van der Waals surface area contributed by atoms with E-state index in [1.165, 1.54) is 6.07 Å². The van der Waals surface area contributed by atoms with Crippen LogP contribution in [-0.4, -0.2) is 29.7 Å². The topological polar surface area (TPSA) is 71.5 Å². The first-order valence-electron chi connectivity index (χ1n) is 5.30. The highest BCUT2D eigenvalue weighted by Gasteiger charge is 2.33. The van der Waals surface area contributed by atoms with Gasteiger partial charge >= 0.3 is 6.18 Å². The zero-order valence-corrected chi connectivity index (χ0v) is 10.7. The van der Waals surface area contributed by atoms with E-state index in [2.05, 4.69) is 10.3 Å². The van der Waals surface area contributed by atoms with Crippen molar-refractivity contribution in [3.05, 3.63) is 17.8 Å².